The predicted octanol–water partition coefficient (Wildman–Crippen LogP) is 3.03. The van der Waals surface area contributed by atoms with Crippen LogP contribution in [0.3, 0.4) is 0 Å². The second kappa shape index (κ2) is 6.10. The van der Waals surface area contributed by atoms with Gasteiger partial charge in [0, 0.05) is 16.2 Å². The van der Waals surface area contributed by atoms with Gasteiger partial charge in [0.15, 0.2) is 11.5 Å². The SMILES string of the molecule is N=C(N)c1cccc(CSc2ccc3c(c2)OCCO3)c1. The zero-order chi connectivity index (χ0) is 14.7. The molecule has 1 heterocycles. The summed E-state index contributed by atoms with van der Waals surface area (Å²) >= 11 is 1.72. The van der Waals surface area contributed by atoms with Gasteiger partial charge in [0.25, 0.3) is 0 Å². The minimum Gasteiger partial charge on any atom is -0.486 e. The number of nitrogen functional groups attached to an aromatic ring is 1. The van der Waals surface area contributed by atoms with Crippen molar-refractivity contribution in [3.63, 3.8) is 0 Å². The number of hydrogen-bond donors (Lipinski definition) is 2. The number of nitrogens with two attached hydrogens (primary N) is 1. The summed E-state index contributed by atoms with van der Waals surface area (Å²) in [5, 5.41) is 7.47. The number of rotatable bonds is 4. The van der Waals surface area contributed by atoms with E-state index in [1.54, 1.807) is 11.8 Å². The summed E-state index contributed by atoms with van der Waals surface area (Å²) in [5.41, 5.74) is 7.41. The molecule has 0 aromatic heterocycles. The average molecular weight is 300 g/mol. The Kier molecular flexibility index (Phi) is 4.01. The molecule has 0 aliphatic carbocycles. The molecule has 0 atom stereocenters. The van der Waals surface area contributed by atoms with Crippen LogP contribution in [0.5, 0.6) is 11.5 Å². The first kappa shape index (κ1) is 13.8. The predicted molar refractivity (Wildman–Crippen MR) is 84.5 cm³/mol. The highest BCUT2D eigenvalue weighted by Gasteiger charge is 2.11. The first-order chi connectivity index (χ1) is 10.2. The molecule has 0 saturated carbocycles. The maximum atomic E-state index is 7.47. The summed E-state index contributed by atoms with van der Waals surface area (Å²) in [4.78, 5) is 1.13. The van der Waals surface area contributed by atoms with E-state index in [9.17, 15) is 0 Å². The number of hydrogen-bond acceptors (Lipinski definition) is 4. The fraction of sp³-hybridized carbons (Fsp3) is 0.188. The van der Waals surface area contributed by atoms with Crippen molar-refractivity contribution in [3.8, 4) is 11.5 Å². The third-order valence-electron chi connectivity index (χ3n) is 3.16. The summed E-state index contributed by atoms with van der Waals surface area (Å²) in [6.07, 6.45) is 0. The summed E-state index contributed by atoms with van der Waals surface area (Å²) < 4.78 is 11.1. The zero-order valence-electron chi connectivity index (χ0n) is 11.5. The number of nitrogens with one attached hydrogen (secondary N) is 1. The van der Waals surface area contributed by atoms with E-state index >= 15 is 0 Å². The molecule has 3 N–H and O–H groups in total. The van der Waals surface area contributed by atoms with Gasteiger partial charge in [0.05, 0.1) is 0 Å². The smallest absolute Gasteiger partial charge is 0.162 e. The van der Waals surface area contributed by atoms with Gasteiger partial charge in [-0.25, -0.2) is 0 Å². The van der Waals surface area contributed by atoms with Crippen molar-refractivity contribution in [3.05, 3.63) is 53.6 Å². The maximum Gasteiger partial charge on any atom is 0.162 e. The van der Waals surface area contributed by atoms with Crippen molar-refractivity contribution < 1.29 is 9.47 Å². The third-order valence-corrected chi connectivity index (χ3v) is 4.22. The maximum absolute atomic E-state index is 7.47. The number of fused-ring (bicyclic) bond motifs is 1. The fourth-order valence-corrected chi connectivity index (χ4v) is 2.98. The van der Waals surface area contributed by atoms with Crippen LogP contribution in [-0.4, -0.2) is 19.0 Å². The van der Waals surface area contributed by atoms with Crippen LogP contribution in [-0.2, 0) is 5.75 Å². The normalized spacial score (nSPS) is 13.0. The van der Waals surface area contributed by atoms with Gasteiger partial charge < -0.3 is 15.2 Å². The van der Waals surface area contributed by atoms with E-state index in [0.29, 0.717) is 13.2 Å². The lowest BCUT2D eigenvalue weighted by molar-refractivity contribution is 0.171. The fourth-order valence-electron chi connectivity index (χ4n) is 2.11. The standard InChI is InChI=1S/C16H16N2O2S/c17-16(18)12-3-1-2-11(8-12)10-21-13-4-5-14-15(9-13)20-7-6-19-14/h1-5,8-9H,6-7,10H2,(H3,17,18). The molecular weight excluding hydrogens is 284 g/mol. The molecule has 0 bridgehead atoms. The third kappa shape index (κ3) is 3.31. The van der Waals surface area contributed by atoms with Crippen LogP contribution < -0.4 is 15.2 Å². The summed E-state index contributed by atoms with van der Waals surface area (Å²) in [7, 11) is 0. The van der Waals surface area contributed by atoms with E-state index in [4.69, 9.17) is 20.6 Å². The van der Waals surface area contributed by atoms with Crippen LogP contribution in [0, 0.1) is 5.41 Å². The Morgan fingerprint density at radius 1 is 1.10 bits per heavy atom. The molecule has 4 nitrogen and oxygen atoms in total. The minimum atomic E-state index is 0.0983. The molecular formula is C16H16N2O2S. The second-order valence-corrected chi connectivity index (χ2v) is 5.76. The number of amidine groups is 1. The molecule has 1 aliphatic heterocycles. The van der Waals surface area contributed by atoms with Crippen LogP contribution in [0.4, 0.5) is 0 Å². The Morgan fingerprint density at radius 3 is 2.71 bits per heavy atom. The first-order valence-corrected chi connectivity index (χ1v) is 7.67. The van der Waals surface area contributed by atoms with E-state index in [0.717, 1.165) is 33.3 Å². The average Bonchev–Trinajstić information content (AvgIpc) is 2.53. The highest BCUT2D eigenvalue weighted by Crippen LogP contribution is 2.35. The highest BCUT2D eigenvalue weighted by molar-refractivity contribution is 7.98. The van der Waals surface area contributed by atoms with Gasteiger partial charge in [-0.1, -0.05) is 18.2 Å². The van der Waals surface area contributed by atoms with E-state index in [1.165, 1.54) is 0 Å². The van der Waals surface area contributed by atoms with Crippen LogP contribution >= 0.6 is 11.8 Å². The Labute approximate surface area is 127 Å². The summed E-state index contributed by atoms with van der Waals surface area (Å²) in [5.74, 6) is 2.54. The van der Waals surface area contributed by atoms with Crippen LogP contribution in [0.15, 0.2) is 47.4 Å². The number of ether oxygens (including phenoxy) is 2. The second-order valence-electron chi connectivity index (χ2n) is 4.71. The minimum absolute atomic E-state index is 0.0983. The number of thioether (sulfide) groups is 1. The van der Waals surface area contributed by atoms with Gasteiger partial charge in [-0.05, 0) is 29.8 Å². The molecule has 1 aliphatic rings. The lowest BCUT2D eigenvalue weighted by Crippen LogP contribution is -2.15. The van der Waals surface area contributed by atoms with Gasteiger partial charge >= 0.3 is 0 Å². The molecule has 0 spiro atoms. The van der Waals surface area contributed by atoms with Gasteiger partial charge in [-0.3, -0.25) is 5.41 Å². The topological polar surface area (TPSA) is 68.3 Å². The van der Waals surface area contributed by atoms with Gasteiger partial charge in [-0.2, -0.15) is 0 Å². The molecule has 21 heavy (non-hydrogen) atoms. The molecule has 3 rings (SSSR count). The largest absolute Gasteiger partial charge is 0.486 e. The molecule has 0 fully saturated rings. The monoisotopic (exact) mass is 300 g/mol. The Hall–Kier alpha value is -2.14. The van der Waals surface area contributed by atoms with Crippen LogP contribution in [0.1, 0.15) is 11.1 Å². The number of benzene rings is 2. The van der Waals surface area contributed by atoms with Crippen molar-refractivity contribution in [2.75, 3.05) is 13.2 Å². The van der Waals surface area contributed by atoms with Crippen molar-refractivity contribution in [2.45, 2.75) is 10.6 Å². The van der Waals surface area contributed by atoms with Gasteiger partial charge in [0.2, 0.25) is 0 Å². The molecule has 5 heteroatoms. The van der Waals surface area contributed by atoms with Crippen LogP contribution in [0.25, 0.3) is 0 Å². The van der Waals surface area contributed by atoms with Gasteiger partial charge in [-0.15, -0.1) is 11.8 Å². The molecule has 2 aromatic carbocycles. The van der Waals surface area contributed by atoms with E-state index in [1.807, 2.05) is 42.5 Å². The molecule has 108 valence electrons. The molecule has 0 radical (unpaired) electrons. The first-order valence-electron chi connectivity index (χ1n) is 6.68. The quantitative estimate of drug-likeness (QED) is 0.517. The van der Waals surface area contributed by atoms with Crippen molar-refractivity contribution in [1.82, 2.24) is 0 Å². The molecule has 0 saturated heterocycles. The molecule has 0 amide bonds. The Balaban J connectivity index is 1.70. The van der Waals surface area contributed by atoms with E-state index in [2.05, 4.69) is 0 Å². The molecule has 0 unspecified atom stereocenters. The Morgan fingerprint density at radius 2 is 1.90 bits per heavy atom. The van der Waals surface area contributed by atoms with Crippen molar-refractivity contribution >= 4 is 17.6 Å². The van der Waals surface area contributed by atoms with Crippen LogP contribution in [0.2, 0.25) is 0 Å². The lowest BCUT2D eigenvalue weighted by Gasteiger charge is -2.18. The lowest BCUT2D eigenvalue weighted by atomic mass is 10.1. The van der Waals surface area contributed by atoms with Crippen molar-refractivity contribution in [2.24, 2.45) is 5.73 Å². The highest BCUT2D eigenvalue weighted by atomic mass is 32.2. The Bertz CT molecular complexity index is 673. The zero-order valence-corrected chi connectivity index (χ0v) is 12.3. The van der Waals surface area contributed by atoms with Crippen molar-refractivity contribution in [1.29, 1.82) is 5.41 Å². The van der Waals surface area contributed by atoms with Gasteiger partial charge in [0.1, 0.15) is 19.0 Å². The van der Waals surface area contributed by atoms with E-state index in [-0.39, 0.29) is 5.84 Å². The van der Waals surface area contributed by atoms with E-state index < -0.39 is 0 Å². The summed E-state index contributed by atoms with van der Waals surface area (Å²) in [6.45, 7) is 1.21. The summed E-state index contributed by atoms with van der Waals surface area (Å²) in [6, 6.07) is 13.8. The molecule has 2 aromatic rings.